The Morgan fingerprint density at radius 1 is 1.17 bits per heavy atom. The van der Waals surface area contributed by atoms with Crippen LogP contribution in [0.25, 0.3) is 11.1 Å². The fraction of sp³-hybridized carbons (Fsp3) is 0.304. The van der Waals surface area contributed by atoms with Crippen LogP contribution in [0, 0.1) is 0 Å². The number of carbonyl (C=O) groups is 2. The predicted molar refractivity (Wildman–Crippen MR) is 112 cm³/mol. The smallest absolute Gasteiger partial charge is 0.270 e. The molecule has 2 amide bonds. The highest BCUT2D eigenvalue weighted by Crippen LogP contribution is 2.24. The Bertz CT molecular complexity index is 1030. The van der Waals surface area contributed by atoms with Gasteiger partial charge in [0.15, 0.2) is 0 Å². The molecule has 150 valence electrons. The minimum atomic E-state index is -0.0556. The second-order valence-corrected chi connectivity index (χ2v) is 7.40. The summed E-state index contributed by atoms with van der Waals surface area (Å²) in [7, 11) is 0. The van der Waals surface area contributed by atoms with E-state index in [1.54, 1.807) is 6.26 Å². The molecule has 0 aliphatic carbocycles. The zero-order valence-electron chi connectivity index (χ0n) is 16.6. The summed E-state index contributed by atoms with van der Waals surface area (Å²) in [6, 6.07) is 13.0. The zero-order chi connectivity index (χ0) is 20.4. The number of aromatic nitrogens is 1. The number of amides is 2. The summed E-state index contributed by atoms with van der Waals surface area (Å²) in [6.45, 7) is 7.94. The van der Waals surface area contributed by atoms with Crippen LogP contribution in [0.15, 0.2) is 65.8 Å². The molecule has 3 aromatic rings. The maximum Gasteiger partial charge on any atom is 0.270 e. The summed E-state index contributed by atoms with van der Waals surface area (Å²) in [5.41, 5.74) is 2.01. The van der Waals surface area contributed by atoms with E-state index in [0.29, 0.717) is 43.1 Å². The SMILES string of the molecule is C=CCCn1c(C(=O)N2CCN(C(=O)c3ccccc3)[C@@H](C)C2)cc2ccoc21. The predicted octanol–water partition coefficient (Wildman–Crippen LogP) is 3.80. The summed E-state index contributed by atoms with van der Waals surface area (Å²) < 4.78 is 7.51. The van der Waals surface area contributed by atoms with E-state index in [2.05, 4.69) is 6.58 Å². The molecule has 1 aliphatic rings. The van der Waals surface area contributed by atoms with Crippen molar-refractivity contribution in [1.82, 2.24) is 14.4 Å². The average Bonchev–Trinajstić information content (AvgIpc) is 3.33. The lowest BCUT2D eigenvalue weighted by Gasteiger charge is -2.40. The Labute approximate surface area is 170 Å². The van der Waals surface area contributed by atoms with Gasteiger partial charge in [-0.25, -0.2) is 0 Å². The number of hydrogen-bond donors (Lipinski definition) is 0. The van der Waals surface area contributed by atoms with Gasteiger partial charge >= 0.3 is 0 Å². The molecule has 6 heteroatoms. The third-order valence-corrected chi connectivity index (χ3v) is 5.47. The van der Waals surface area contributed by atoms with E-state index in [4.69, 9.17) is 4.42 Å². The number of piperazine rings is 1. The standard InChI is InChI=1S/C23H25N3O3/c1-3-4-11-26-20(15-19-10-14-29-23(19)26)22(28)24-12-13-25(17(2)16-24)21(27)18-8-6-5-7-9-18/h3,5-10,14-15,17H,1,4,11-13,16H2,2H3/t17-/m0/s1. The minimum absolute atomic E-state index is 0.0112. The van der Waals surface area contributed by atoms with E-state index in [-0.39, 0.29) is 17.9 Å². The van der Waals surface area contributed by atoms with Crippen molar-refractivity contribution in [2.45, 2.75) is 25.9 Å². The Morgan fingerprint density at radius 2 is 1.97 bits per heavy atom. The molecule has 6 nitrogen and oxygen atoms in total. The van der Waals surface area contributed by atoms with Crippen molar-refractivity contribution in [3.63, 3.8) is 0 Å². The van der Waals surface area contributed by atoms with Crippen molar-refractivity contribution >= 4 is 22.9 Å². The van der Waals surface area contributed by atoms with Crippen LogP contribution in [-0.4, -0.2) is 51.9 Å². The minimum Gasteiger partial charge on any atom is -0.448 e. The summed E-state index contributed by atoms with van der Waals surface area (Å²) in [6.07, 6.45) is 4.22. The van der Waals surface area contributed by atoms with Gasteiger partial charge in [0.1, 0.15) is 5.69 Å². The lowest BCUT2D eigenvalue weighted by atomic mass is 10.1. The van der Waals surface area contributed by atoms with Gasteiger partial charge < -0.3 is 18.8 Å². The van der Waals surface area contributed by atoms with Gasteiger partial charge in [-0.2, -0.15) is 0 Å². The number of carbonyl (C=O) groups excluding carboxylic acids is 2. The number of benzene rings is 1. The van der Waals surface area contributed by atoms with Crippen LogP contribution in [0.4, 0.5) is 0 Å². The summed E-state index contributed by atoms with van der Waals surface area (Å²) in [4.78, 5) is 29.8. The number of allylic oxidation sites excluding steroid dienone is 1. The summed E-state index contributed by atoms with van der Waals surface area (Å²) >= 11 is 0. The van der Waals surface area contributed by atoms with E-state index in [1.165, 1.54) is 0 Å². The van der Waals surface area contributed by atoms with Gasteiger partial charge in [0.25, 0.3) is 11.8 Å². The zero-order valence-corrected chi connectivity index (χ0v) is 16.6. The number of rotatable bonds is 5. The van der Waals surface area contributed by atoms with Crippen LogP contribution in [-0.2, 0) is 6.54 Å². The van der Waals surface area contributed by atoms with E-state index in [0.717, 1.165) is 11.8 Å². The van der Waals surface area contributed by atoms with Crippen LogP contribution in [0.3, 0.4) is 0 Å². The fourth-order valence-corrected chi connectivity index (χ4v) is 3.95. The highest BCUT2D eigenvalue weighted by atomic mass is 16.3. The molecular formula is C23H25N3O3. The largest absolute Gasteiger partial charge is 0.448 e. The topological polar surface area (TPSA) is 58.7 Å². The number of hydrogen-bond acceptors (Lipinski definition) is 3. The number of nitrogens with zero attached hydrogens (tertiary/aromatic N) is 3. The lowest BCUT2D eigenvalue weighted by Crippen LogP contribution is -2.55. The Morgan fingerprint density at radius 3 is 2.69 bits per heavy atom. The van der Waals surface area contributed by atoms with Gasteiger partial charge in [-0.05, 0) is 37.6 Å². The van der Waals surface area contributed by atoms with Crippen LogP contribution >= 0.6 is 0 Å². The monoisotopic (exact) mass is 391 g/mol. The van der Waals surface area contributed by atoms with E-state index < -0.39 is 0 Å². The van der Waals surface area contributed by atoms with Gasteiger partial charge in [-0.1, -0.05) is 24.3 Å². The molecule has 0 unspecified atom stereocenters. The lowest BCUT2D eigenvalue weighted by molar-refractivity contribution is 0.0409. The van der Waals surface area contributed by atoms with Crippen molar-refractivity contribution in [1.29, 1.82) is 0 Å². The summed E-state index contributed by atoms with van der Waals surface area (Å²) in [5, 5.41) is 0.920. The third kappa shape index (κ3) is 3.58. The maximum atomic E-state index is 13.3. The normalized spacial score (nSPS) is 16.9. The van der Waals surface area contributed by atoms with E-state index in [1.807, 2.05) is 69.8 Å². The molecule has 0 N–H and O–H groups in total. The molecule has 4 rings (SSSR count). The van der Waals surface area contributed by atoms with E-state index in [9.17, 15) is 9.59 Å². The second-order valence-electron chi connectivity index (χ2n) is 7.40. The first kappa shape index (κ1) is 19.1. The van der Waals surface area contributed by atoms with Crippen LogP contribution in [0.1, 0.15) is 34.2 Å². The second kappa shape index (κ2) is 7.99. The fourth-order valence-electron chi connectivity index (χ4n) is 3.95. The number of fused-ring (bicyclic) bond motifs is 1. The third-order valence-electron chi connectivity index (χ3n) is 5.47. The molecule has 29 heavy (non-hydrogen) atoms. The first-order valence-electron chi connectivity index (χ1n) is 9.93. The van der Waals surface area contributed by atoms with Crippen molar-refractivity contribution < 1.29 is 14.0 Å². The van der Waals surface area contributed by atoms with Crippen molar-refractivity contribution in [3.8, 4) is 0 Å². The molecule has 1 aliphatic heterocycles. The van der Waals surface area contributed by atoms with Crippen LogP contribution in [0.2, 0.25) is 0 Å². The Kier molecular flexibility index (Phi) is 5.25. The molecule has 3 heterocycles. The molecule has 0 saturated carbocycles. The van der Waals surface area contributed by atoms with E-state index >= 15 is 0 Å². The molecule has 1 atom stereocenters. The van der Waals surface area contributed by atoms with Crippen molar-refractivity contribution in [2.75, 3.05) is 19.6 Å². The van der Waals surface area contributed by atoms with Crippen LogP contribution < -0.4 is 0 Å². The van der Waals surface area contributed by atoms with Crippen molar-refractivity contribution in [2.24, 2.45) is 0 Å². The van der Waals surface area contributed by atoms with Gasteiger partial charge in [0, 0.05) is 43.2 Å². The average molecular weight is 391 g/mol. The highest BCUT2D eigenvalue weighted by Gasteiger charge is 2.32. The first-order chi connectivity index (χ1) is 14.1. The molecule has 0 spiro atoms. The van der Waals surface area contributed by atoms with Gasteiger partial charge in [0.05, 0.1) is 6.26 Å². The first-order valence-corrected chi connectivity index (χ1v) is 9.93. The van der Waals surface area contributed by atoms with Gasteiger partial charge in [-0.15, -0.1) is 6.58 Å². The molecule has 1 aromatic carbocycles. The van der Waals surface area contributed by atoms with Crippen molar-refractivity contribution in [3.05, 3.63) is 72.6 Å². The maximum absolute atomic E-state index is 13.3. The Hall–Kier alpha value is -3.28. The van der Waals surface area contributed by atoms with Gasteiger partial charge in [0.2, 0.25) is 5.71 Å². The summed E-state index contributed by atoms with van der Waals surface area (Å²) in [5.74, 6) is -0.0174. The molecular weight excluding hydrogens is 366 g/mol. The number of furan rings is 1. The highest BCUT2D eigenvalue weighted by molar-refractivity contribution is 5.98. The Balaban J connectivity index is 1.51. The van der Waals surface area contributed by atoms with Gasteiger partial charge in [-0.3, -0.25) is 9.59 Å². The quantitative estimate of drug-likeness (QED) is 0.622. The molecule has 0 radical (unpaired) electrons. The van der Waals surface area contributed by atoms with Crippen LogP contribution in [0.5, 0.6) is 0 Å². The molecule has 1 saturated heterocycles. The molecule has 0 bridgehead atoms. The number of aryl methyl sites for hydroxylation is 1. The molecule has 1 fully saturated rings. The molecule has 2 aromatic heterocycles.